The summed E-state index contributed by atoms with van der Waals surface area (Å²) in [7, 11) is 2.04. The van der Waals surface area contributed by atoms with Gasteiger partial charge in [-0.05, 0) is 90.8 Å². The number of fused-ring (bicyclic) bond motifs is 1. The van der Waals surface area contributed by atoms with Crippen LogP contribution in [0.4, 0.5) is 5.82 Å². The number of nitrogens with zero attached hydrogens (tertiary/aromatic N) is 4. The maximum Gasteiger partial charge on any atom is 0.129 e. The molecular formula is C29H37N5. The molecule has 1 unspecified atom stereocenters. The van der Waals surface area contributed by atoms with Gasteiger partial charge in [0.1, 0.15) is 5.82 Å². The van der Waals surface area contributed by atoms with Gasteiger partial charge in [0.25, 0.3) is 0 Å². The Labute approximate surface area is 204 Å². The lowest BCUT2D eigenvalue weighted by Crippen LogP contribution is -2.14. The first-order valence-electron chi connectivity index (χ1n) is 12.5. The molecule has 1 aliphatic heterocycles. The van der Waals surface area contributed by atoms with Gasteiger partial charge in [0.15, 0.2) is 0 Å². The van der Waals surface area contributed by atoms with E-state index in [0.717, 1.165) is 61.4 Å². The first kappa shape index (κ1) is 24.0. The number of rotatable bonds is 7. The van der Waals surface area contributed by atoms with Crippen LogP contribution in [0, 0.1) is 11.3 Å². The fourth-order valence-electron chi connectivity index (χ4n) is 4.73. The minimum Gasteiger partial charge on any atom is -0.370 e. The Morgan fingerprint density at radius 2 is 1.94 bits per heavy atom. The van der Waals surface area contributed by atoms with Gasteiger partial charge in [-0.15, -0.1) is 0 Å². The summed E-state index contributed by atoms with van der Waals surface area (Å²) in [5.41, 5.74) is 8.06. The lowest BCUT2D eigenvalue weighted by molar-refractivity contribution is 0.587. The molecule has 0 amide bonds. The highest BCUT2D eigenvalue weighted by Crippen LogP contribution is 2.29. The third-order valence-corrected chi connectivity index (χ3v) is 6.88. The Morgan fingerprint density at radius 3 is 2.71 bits per heavy atom. The Hall–Kier alpha value is -3.13. The summed E-state index contributed by atoms with van der Waals surface area (Å²) in [6, 6.07) is 15.3. The number of aromatic nitrogens is 3. The van der Waals surface area contributed by atoms with E-state index >= 15 is 0 Å². The SMILES string of the molecule is CC(Cc1cc(CCCc2ccc3c(n2)NCCC3)n(C)n1)c1cc(C#N)cc(C(C)(C)C)c1. The van der Waals surface area contributed by atoms with Crippen LogP contribution >= 0.6 is 0 Å². The second-order valence-electron chi connectivity index (χ2n) is 10.8. The number of aryl methyl sites for hydroxylation is 4. The van der Waals surface area contributed by atoms with Gasteiger partial charge >= 0.3 is 0 Å². The van der Waals surface area contributed by atoms with Gasteiger partial charge in [-0.2, -0.15) is 10.4 Å². The molecule has 5 heteroatoms. The van der Waals surface area contributed by atoms with Crippen molar-refractivity contribution in [2.45, 2.75) is 77.6 Å². The van der Waals surface area contributed by atoms with Crippen molar-refractivity contribution < 1.29 is 0 Å². The van der Waals surface area contributed by atoms with Crippen molar-refractivity contribution >= 4 is 5.82 Å². The molecule has 1 N–H and O–H groups in total. The molecule has 1 aromatic carbocycles. The minimum absolute atomic E-state index is 0.0163. The smallest absolute Gasteiger partial charge is 0.129 e. The maximum absolute atomic E-state index is 9.51. The van der Waals surface area contributed by atoms with E-state index in [0.29, 0.717) is 5.92 Å². The van der Waals surface area contributed by atoms with Gasteiger partial charge in [0.2, 0.25) is 0 Å². The number of hydrogen-bond acceptors (Lipinski definition) is 4. The van der Waals surface area contributed by atoms with Crippen molar-refractivity contribution in [2.75, 3.05) is 11.9 Å². The zero-order valence-corrected chi connectivity index (χ0v) is 21.3. The molecular weight excluding hydrogens is 418 g/mol. The second kappa shape index (κ2) is 10.0. The van der Waals surface area contributed by atoms with Gasteiger partial charge in [0.05, 0.1) is 17.3 Å². The van der Waals surface area contributed by atoms with Crippen molar-refractivity contribution in [3.63, 3.8) is 0 Å². The molecule has 34 heavy (non-hydrogen) atoms. The number of anilines is 1. The lowest BCUT2D eigenvalue weighted by Gasteiger charge is -2.22. The summed E-state index contributed by atoms with van der Waals surface area (Å²) in [4.78, 5) is 4.83. The predicted molar refractivity (Wildman–Crippen MR) is 138 cm³/mol. The molecule has 0 saturated heterocycles. The van der Waals surface area contributed by atoms with Crippen LogP contribution in [0.1, 0.15) is 85.8 Å². The zero-order valence-electron chi connectivity index (χ0n) is 21.3. The van der Waals surface area contributed by atoms with Crippen LogP contribution in [0.25, 0.3) is 0 Å². The summed E-state index contributed by atoms with van der Waals surface area (Å²) >= 11 is 0. The van der Waals surface area contributed by atoms with Crippen molar-refractivity contribution in [3.8, 4) is 6.07 Å². The lowest BCUT2D eigenvalue weighted by atomic mass is 9.83. The number of benzene rings is 1. The zero-order chi connectivity index (χ0) is 24.3. The van der Waals surface area contributed by atoms with E-state index in [4.69, 9.17) is 10.1 Å². The minimum atomic E-state index is 0.0163. The van der Waals surface area contributed by atoms with E-state index in [9.17, 15) is 5.26 Å². The molecule has 0 fully saturated rings. The highest BCUT2D eigenvalue weighted by atomic mass is 15.3. The van der Waals surface area contributed by atoms with E-state index in [2.05, 4.69) is 63.3 Å². The molecule has 0 radical (unpaired) electrons. The largest absolute Gasteiger partial charge is 0.370 e. The summed E-state index contributed by atoms with van der Waals surface area (Å²) in [5.74, 6) is 1.37. The number of nitriles is 1. The van der Waals surface area contributed by atoms with Crippen LogP contribution in [-0.4, -0.2) is 21.3 Å². The average Bonchev–Trinajstić information content (AvgIpc) is 3.16. The van der Waals surface area contributed by atoms with E-state index in [-0.39, 0.29) is 5.41 Å². The number of hydrogen-bond donors (Lipinski definition) is 1. The molecule has 3 heterocycles. The Kier molecular flexibility index (Phi) is 7.07. The second-order valence-corrected chi connectivity index (χ2v) is 10.8. The number of pyridine rings is 1. The molecule has 178 valence electrons. The third kappa shape index (κ3) is 5.67. The summed E-state index contributed by atoms with van der Waals surface area (Å²) in [6.45, 7) is 9.84. The summed E-state index contributed by atoms with van der Waals surface area (Å²) in [6.07, 6.45) is 6.20. The fourth-order valence-corrected chi connectivity index (χ4v) is 4.73. The molecule has 2 aromatic heterocycles. The molecule has 5 nitrogen and oxygen atoms in total. The van der Waals surface area contributed by atoms with Gasteiger partial charge in [0, 0.05) is 25.0 Å². The van der Waals surface area contributed by atoms with Gasteiger partial charge in [-0.3, -0.25) is 4.68 Å². The predicted octanol–water partition coefficient (Wildman–Crippen LogP) is 5.86. The Balaban J connectivity index is 1.39. The van der Waals surface area contributed by atoms with Crippen molar-refractivity contribution in [2.24, 2.45) is 7.05 Å². The van der Waals surface area contributed by atoms with Gasteiger partial charge in [-0.1, -0.05) is 39.8 Å². The van der Waals surface area contributed by atoms with E-state index in [1.54, 1.807) is 0 Å². The molecule has 1 atom stereocenters. The van der Waals surface area contributed by atoms with Crippen molar-refractivity contribution in [1.82, 2.24) is 14.8 Å². The van der Waals surface area contributed by atoms with Crippen LogP contribution in [0.5, 0.6) is 0 Å². The van der Waals surface area contributed by atoms with Crippen LogP contribution in [-0.2, 0) is 38.1 Å². The van der Waals surface area contributed by atoms with E-state index < -0.39 is 0 Å². The van der Waals surface area contributed by atoms with Crippen LogP contribution in [0.2, 0.25) is 0 Å². The highest BCUT2D eigenvalue weighted by Gasteiger charge is 2.18. The van der Waals surface area contributed by atoms with Crippen LogP contribution < -0.4 is 5.32 Å². The molecule has 0 bridgehead atoms. The van der Waals surface area contributed by atoms with E-state index in [1.165, 1.54) is 28.8 Å². The molecule has 0 saturated carbocycles. The van der Waals surface area contributed by atoms with Gasteiger partial charge in [-0.25, -0.2) is 4.98 Å². The van der Waals surface area contributed by atoms with Crippen LogP contribution in [0.15, 0.2) is 36.4 Å². The monoisotopic (exact) mass is 455 g/mol. The molecule has 4 rings (SSSR count). The standard InChI is InChI=1S/C29H37N5/c1-20(23-15-21(19-30)16-24(17-23)29(2,3)4)14-26-18-27(34(5)33-26)10-6-9-25-12-11-22-8-7-13-31-28(22)32-25/h11-12,15-18,20H,6-10,13-14H2,1-5H3,(H,31,32). The Morgan fingerprint density at radius 1 is 1.12 bits per heavy atom. The summed E-state index contributed by atoms with van der Waals surface area (Å²) in [5, 5.41) is 17.7. The molecule has 0 aliphatic carbocycles. The number of nitrogens with one attached hydrogen (secondary N) is 1. The first-order valence-corrected chi connectivity index (χ1v) is 12.5. The van der Waals surface area contributed by atoms with Gasteiger partial charge < -0.3 is 5.32 Å². The maximum atomic E-state index is 9.51. The Bertz CT molecular complexity index is 1190. The average molecular weight is 456 g/mol. The van der Waals surface area contributed by atoms with E-state index in [1.807, 2.05) is 23.9 Å². The topological polar surface area (TPSA) is 66.5 Å². The highest BCUT2D eigenvalue weighted by molar-refractivity contribution is 5.47. The van der Waals surface area contributed by atoms with Crippen molar-refractivity contribution in [1.29, 1.82) is 5.26 Å². The quantitative estimate of drug-likeness (QED) is 0.484. The van der Waals surface area contributed by atoms with Crippen molar-refractivity contribution in [3.05, 3.63) is 75.7 Å². The first-order chi connectivity index (χ1) is 16.2. The molecule has 0 spiro atoms. The third-order valence-electron chi connectivity index (χ3n) is 6.88. The van der Waals surface area contributed by atoms with Crippen LogP contribution in [0.3, 0.4) is 0 Å². The molecule has 1 aliphatic rings. The molecule has 3 aromatic rings. The fraction of sp³-hybridized carbons (Fsp3) is 0.483. The summed E-state index contributed by atoms with van der Waals surface area (Å²) < 4.78 is 2.02. The normalized spacial score (nSPS) is 14.2.